The summed E-state index contributed by atoms with van der Waals surface area (Å²) in [5.41, 5.74) is 4.59. The van der Waals surface area contributed by atoms with E-state index < -0.39 is 41.7 Å². The molecule has 0 bridgehead atoms. The average molecular weight is 281 g/mol. The maximum atomic E-state index is 12.0. The predicted molar refractivity (Wildman–Crippen MR) is 66.0 cm³/mol. The number of rotatable bonds is 4. The molecule has 9 heteroatoms. The molecule has 1 aromatic carbocycles. The number of benzene rings is 1. The molecular formula is C11H11N3O6. The maximum absolute atomic E-state index is 12.0. The lowest BCUT2D eigenvalue weighted by Gasteiger charge is -2.16. The van der Waals surface area contributed by atoms with Crippen molar-refractivity contribution in [2.75, 3.05) is 18.9 Å². The van der Waals surface area contributed by atoms with Crippen molar-refractivity contribution < 1.29 is 24.7 Å². The van der Waals surface area contributed by atoms with E-state index in [1.165, 1.54) is 0 Å². The summed E-state index contributed by atoms with van der Waals surface area (Å²) in [6.45, 7) is -1.01. The van der Waals surface area contributed by atoms with E-state index in [-0.39, 0.29) is 16.8 Å². The van der Waals surface area contributed by atoms with Crippen molar-refractivity contribution in [2.24, 2.45) is 0 Å². The van der Waals surface area contributed by atoms with E-state index in [0.717, 1.165) is 12.1 Å². The van der Waals surface area contributed by atoms with Gasteiger partial charge in [-0.2, -0.15) is 0 Å². The van der Waals surface area contributed by atoms with Gasteiger partial charge in [-0.1, -0.05) is 0 Å². The Morgan fingerprint density at radius 2 is 1.85 bits per heavy atom. The number of nitrogens with two attached hydrogens (primary N) is 1. The molecule has 0 spiro atoms. The molecule has 0 saturated heterocycles. The zero-order valence-electron chi connectivity index (χ0n) is 10.1. The summed E-state index contributed by atoms with van der Waals surface area (Å²) in [5, 5.41) is 28.8. The highest BCUT2D eigenvalue weighted by molar-refractivity contribution is 6.22. The standard InChI is InChI=1S/C11H11N3O6/c12-8-1-6-7(2-9(8)14(19)20)11(18)13(10(6)17)3-5(16)4-15/h1-2,5,15-16H,3-4,12H2. The Morgan fingerprint density at radius 1 is 1.30 bits per heavy atom. The third-order valence-corrected chi connectivity index (χ3v) is 2.92. The Bertz CT molecular complexity index is 614. The molecule has 9 nitrogen and oxygen atoms in total. The number of β-amino-alcohol motifs (C(OH)–C–C–N with tert-alkyl or cyclic N) is 1. The summed E-state index contributed by atoms with van der Waals surface area (Å²) in [4.78, 5) is 34.7. The number of nitro benzene ring substituents is 1. The van der Waals surface area contributed by atoms with Crippen molar-refractivity contribution in [3.8, 4) is 0 Å². The minimum absolute atomic E-state index is 0.0526. The van der Waals surface area contributed by atoms with Crippen LogP contribution < -0.4 is 5.73 Å². The van der Waals surface area contributed by atoms with Crippen molar-refractivity contribution in [2.45, 2.75) is 6.10 Å². The second kappa shape index (κ2) is 4.87. The van der Waals surface area contributed by atoms with Crippen molar-refractivity contribution in [1.82, 2.24) is 4.90 Å². The molecule has 4 N–H and O–H groups in total. The summed E-state index contributed by atoms with van der Waals surface area (Å²) in [6, 6.07) is 2.01. The topological polar surface area (TPSA) is 147 Å². The van der Waals surface area contributed by atoms with Gasteiger partial charge in [0.1, 0.15) is 5.69 Å². The largest absolute Gasteiger partial charge is 0.394 e. The average Bonchev–Trinajstić information content (AvgIpc) is 2.62. The molecule has 1 heterocycles. The van der Waals surface area contributed by atoms with Crippen LogP contribution in [0.5, 0.6) is 0 Å². The number of nitro groups is 1. The van der Waals surface area contributed by atoms with Crippen LogP contribution in [0.25, 0.3) is 0 Å². The minimum Gasteiger partial charge on any atom is -0.394 e. The van der Waals surface area contributed by atoms with Gasteiger partial charge in [-0.15, -0.1) is 0 Å². The van der Waals surface area contributed by atoms with Crippen molar-refractivity contribution in [1.29, 1.82) is 0 Å². The molecule has 2 amide bonds. The molecule has 1 aliphatic heterocycles. The van der Waals surface area contributed by atoms with E-state index >= 15 is 0 Å². The first-order chi connectivity index (χ1) is 9.36. The maximum Gasteiger partial charge on any atom is 0.292 e. The lowest BCUT2D eigenvalue weighted by molar-refractivity contribution is -0.383. The molecule has 0 saturated carbocycles. The van der Waals surface area contributed by atoms with Crippen LogP contribution in [0.1, 0.15) is 20.7 Å². The number of hydrogen-bond acceptors (Lipinski definition) is 7. The highest BCUT2D eigenvalue weighted by Gasteiger charge is 2.38. The third-order valence-electron chi connectivity index (χ3n) is 2.92. The second-order valence-electron chi connectivity index (χ2n) is 4.27. The fourth-order valence-corrected chi connectivity index (χ4v) is 1.93. The lowest BCUT2D eigenvalue weighted by atomic mass is 10.1. The van der Waals surface area contributed by atoms with E-state index in [0.29, 0.717) is 4.90 Å². The molecule has 0 radical (unpaired) electrons. The summed E-state index contributed by atoms with van der Waals surface area (Å²) in [6.07, 6.45) is -1.27. The Balaban J connectivity index is 2.44. The molecule has 0 aromatic heterocycles. The summed E-state index contributed by atoms with van der Waals surface area (Å²) >= 11 is 0. The molecule has 1 atom stereocenters. The number of nitrogens with zero attached hydrogens (tertiary/aromatic N) is 2. The molecule has 106 valence electrons. The quantitative estimate of drug-likeness (QED) is 0.281. The molecule has 1 aromatic rings. The number of aliphatic hydroxyl groups is 2. The number of amides is 2. The number of imide groups is 1. The van der Waals surface area contributed by atoms with Crippen molar-refractivity contribution in [3.05, 3.63) is 33.4 Å². The zero-order chi connectivity index (χ0) is 15.0. The van der Waals surface area contributed by atoms with Gasteiger partial charge in [-0.05, 0) is 6.07 Å². The number of carbonyl (C=O) groups is 2. The zero-order valence-corrected chi connectivity index (χ0v) is 10.1. The van der Waals surface area contributed by atoms with Gasteiger partial charge >= 0.3 is 0 Å². The highest BCUT2D eigenvalue weighted by Crippen LogP contribution is 2.31. The first kappa shape index (κ1) is 13.9. The lowest BCUT2D eigenvalue weighted by Crippen LogP contribution is -2.38. The molecule has 20 heavy (non-hydrogen) atoms. The fraction of sp³-hybridized carbons (Fsp3) is 0.273. The molecular weight excluding hydrogens is 270 g/mol. The van der Waals surface area contributed by atoms with Crippen LogP contribution in [0.3, 0.4) is 0 Å². The summed E-state index contributed by atoms with van der Waals surface area (Å²) < 4.78 is 0. The van der Waals surface area contributed by atoms with Crippen LogP contribution in [0.4, 0.5) is 11.4 Å². The molecule has 1 aliphatic rings. The monoisotopic (exact) mass is 281 g/mol. The van der Waals surface area contributed by atoms with E-state index in [4.69, 9.17) is 10.8 Å². The van der Waals surface area contributed by atoms with Gasteiger partial charge in [-0.25, -0.2) is 0 Å². The minimum atomic E-state index is -1.27. The van der Waals surface area contributed by atoms with Crippen molar-refractivity contribution >= 4 is 23.2 Å². The van der Waals surface area contributed by atoms with Gasteiger partial charge in [0, 0.05) is 6.07 Å². The molecule has 2 rings (SSSR count). The number of anilines is 1. The van der Waals surface area contributed by atoms with Gasteiger partial charge in [0.2, 0.25) is 0 Å². The van der Waals surface area contributed by atoms with E-state index in [1.807, 2.05) is 0 Å². The number of nitrogen functional groups attached to an aromatic ring is 1. The van der Waals surface area contributed by atoms with Crippen LogP contribution in [-0.2, 0) is 0 Å². The van der Waals surface area contributed by atoms with Crippen LogP contribution in [0.15, 0.2) is 12.1 Å². The van der Waals surface area contributed by atoms with Crippen LogP contribution in [0.2, 0.25) is 0 Å². The van der Waals surface area contributed by atoms with E-state index in [1.54, 1.807) is 0 Å². The van der Waals surface area contributed by atoms with Crippen LogP contribution in [-0.4, -0.2) is 51.1 Å². The van der Waals surface area contributed by atoms with E-state index in [2.05, 4.69) is 0 Å². The number of carbonyl (C=O) groups excluding carboxylic acids is 2. The van der Waals surface area contributed by atoms with Crippen LogP contribution in [0, 0.1) is 10.1 Å². The molecule has 0 aliphatic carbocycles. The first-order valence-corrected chi connectivity index (χ1v) is 5.59. The highest BCUT2D eigenvalue weighted by atomic mass is 16.6. The summed E-state index contributed by atoms with van der Waals surface area (Å²) in [5.74, 6) is -1.47. The van der Waals surface area contributed by atoms with Gasteiger partial charge in [0.25, 0.3) is 17.5 Å². The van der Waals surface area contributed by atoms with Crippen molar-refractivity contribution in [3.63, 3.8) is 0 Å². The Morgan fingerprint density at radius 3 is 2.35 bits per heavy atom. The van der Waals surface area contributed by atoms with Gasteiger partial charge in [0.05, 0.1) is 35.3 Å². The predicted octanol–water partition coefficient (Wildman–Crippen LogP) is -0.874. The van der Waals surface area contributed by atoms with Crippen LogP contribution >= 0.6 is 0 Å². The normalized spacial score (nSPS) is 15.4. The second-order valence-corrected chi connectivity index (χ2v) is 4.27. The van der Waals surface area contributed by atoms with Gasteiger partial charge < -0.3 is 15.9 Å². The van der Waals surface area contributed by atoms with E-state index in [9.17, 15) is 24.8 Å². The molecule has 1 unspecified atom stereocenters. The molecule has 0 fully saturated rings. The first-order valence-electron chi connectivity index (χ1n) is 5.59. The Labute approximate surface area is 112 Å². The van der Waals surface area contributed by atoms with Gasteiger partial charge in [0.15, 0.2) is 0 Å². The number of hydrogen-bond donors (Lipinski definition) is 3. The summed E-state index contributed by atoms with van der Waals surface area (Å²) in [7, 11) is 0. The third kappa shape index (κ3) is 2.08. The number of aliphatic hydroxyl groups excluding tert-OH is 2. The Hall–Kier alpha value is -2.52. The van der Waals surface area contributed by atoms with Gasteiger partial charge in [-0.3, -0.25) is 24.6 Å². The number of fused-ring (bicyclic) bond motifs is 1. The SMILES string of the molecule is Nc1cc2c(cc1[N+](=O)[O-])C(=O)N(CC(O)CO)C2=O. The smallest absolute Gasteiger partial charge is 0.292 e. The fourth-order valence-electron chi connectivity index (χ4n) is 1.93. The Kier molecular flexibility index (Phi) is 3.38.